The van der Waals surface area contributed by atoms with Crippen LogP contribution in [0.4, 0.5) is 5.69 Å². The molecular formula is C11H17N3O. The van der Waals surface area contributed by atoms with Gasteiger partial charge in [-0.2, -0.15) is 0 Å². The second-order valence-electron chi connectivity index (χ2n) is 4.11. The molecule has 1 aliphatic rings. The Morgan fingerprint density at radius 2 is 2.27 bits per heavy atom. The van der Waals surface area contributed by atoms with Crippen molar-refractivity contribution in [2.75, 3.05) is 19.3 Å². The van der Waals surface area contributed by atoms with Gasteiger partial charge in [-0.05, 0) is 25.6 Å². The molecule has 0 aliphatic carbocycles. The predicted molar refractivity (Wildman–Crippen MR) is 60.8 cm³/mol. The maximum atomic E-state index is 11.8. The number of rotatable bonds is 1. The first-order valence-electron chi connectivity index (χ1n) is 5.33. The van der Waals surface area contributed by atoms with Gasteiger partial charge in [-0.25, -0.2) is 0 Å². The molecule has 0 radical (unpaired) electrons. The van der Waals surface area contributed by atoms with Crippen LogP contribution in [0.15, 0.2) is 10.9 Å². The third kappa shape index (κ3) is 1.65. The number of aromatic nitrogens is 1. The predicted octanol–water partition coefficient (Wildman–Crippen LogP) is 0.438. The van der Waals surface area contributed by atoms with E-state index >= 15 is 0 Å². The summed E-state index contributed by atoms with van der Waals surface area (Å²) < 4.78 is 1.80. The van der Waals surface area contributed by atoms with Gasteiger partial charge in [-0.1, -0.05) is 0 Å². The van der Waals surface area contributed by atoms with Crippen LogP contribution in [0.2, 0.25) is 0 Å². The highest BCUT2D eigenvalue weighted by atomic mass is 16.1. The van der Waals surface area contributed by atoms with Gasteiger partial charge in [-0.3, -0.25) is 4.79 Å². The van der Waals surface area contributed by atoms with Crippen LogP contribution in [0.25, 0.3) is 0 Å². The number of nitrogens with two attached hydrogens (primary N) is 1. The number of anilines is 1. The molecule has 1 aromatic rings. The third-order valence-electron chi connectivity index (χ3n) is 3.01. The summed E-state index contributed by atoms with van der Waals surface area (Å²) in [5.41, 5.74) is 8.40. The fourth-order valence-electron chi connectivity index (χ4n) is 2.22. The Morgan fingerprint density at radius 3 is 2.93 bits per heavy atom. The zero-order valence-electron chi connectivity index (χ0n) is 9.29. The third-order valence-corrected chi connectivity index (χ3v) is 3.01. The summed E-state index contributed by atoms with van der Waals surface area (Å²) in [6.45, 7) is 4.59. The molecule has 1 aromatic heterocycles. The molecule has 0 fully saturated rings. The zero-order chi connectivity index (χ0) is 11.0. The van der Waals surface area contributed by atoms with Crippen LogP contribution < -0.4 is 11.3 Å². The zero-order valence-corrected chi connectivity index (χ0v) is 9.29. The first kappa shape index (κ1) is 10.2. The van der Waals surface area contributed by atoms with Gasteiger partial charge >= 0.3 is 0 Å². The van der Waals surface area contributed by atoms with E-state index in [1.807, 2.05) is 13.0 Å². The van der Waals surface area contributed by atoms with Gasteiger partial charge in [0.05, 0.1) is 5.69 Å². The van der Waals surface area contributed by atoms with Gasteiger partial charge in [-0.15, -0.1) is 0 Å². The number of fused-ring (bicyclic) bond motifs is 1. The summed E-state index contributed by atoms with van der Waals surface area (Å²) in [5, 5.41) is 0. The van der Waals surface area contributed by atoms with E-state index in [2.05, 4.69) is 11.9 Å². The maximum absolute atomic E-state index is 11.8. The molecule has 0 saturated carbocycles. The Morgan fingerprint density at radius 1 is 1.53 bits per heavy atom. The minimum Gasteiger partial charge on any atom is -0.394 e. The molecule has 82 valence electrons. The van der Waals surface area contributed by atoms with E-state index in [0.717, 1.165) is 25.2 Å². The molecule has 2 heterocycles. The Hall–Kier alpha value is -1.29. The highest BCUT2D eigenvalue weighted by molar-refractivity contribution is 5.42. The lowest BCUT2D eigenvalue weighted by Crippen LogP contribution is -2.34. The maximum Gasteiger partial charge on any atom is 0.273 e. The number of hydrogen-bond acceptors (Lipinski definition) is 3. The van der Waals surface area contributed by atoms with Crippen molar-refractivity contribution in [1.29, 1.82) is 0 Å². The standard InChI is InChI=1S/C11H17N3O/c1-3-14-10-4-5-13(2)7-8(10)6-9(12)11(14)15/h6H,3-5,7,12H2,1-2H3. The Labute approximate surface area is 89.3 Å². The van der Waals surface area contributed by atoms with E-state index in [-0.39, 0.29) is 5.56 Å². The average Bonchev–Trinajstić information content (AvgIpc) is 2.20. The molecule has 4 heteroatoms. The van der Waals surface area contributed by atoms with Gasteiger partial charge in [0.25, 0.3) is 5.56 Å². The lowest BCUT2D eigenvalue weighted by atomic mass is 10.0. The molecule has 0 saturated heterocycles. The fraction of sp³-hybridized carbons (Fsp3) is 0.545. The van der Waals surface area contributed by atoms with Crippen LogP contribution in [0, 0.1) is 0 Å². The molecule has 0 aromatic carbocycles. The van der Waals surface area contributed by atoms with Crippen molar-refractivity contribution in [1.82, 2.24) is 9.47 Å². The quantitative estimate of drug-likeness (QED) is 0.727. The first-order valence-corrected chi connectivity index (χ1v) is 5.33. The number of nitrogen functional groups attached to an aromatic ring is 1. The molecule has 15 heavy (non-hydrogen) atoms. The molecule has 0 bridgehead atoms. The Balaban J connectivity index is 2.60. The molecule has 0 atom stereocenters. The van der Waals surface area contributed by atoms with Crippen molar-refractivity contribution in [3.8, 4) is 0 Å². The number of likely N-dealkylation sites (N-methyl/N-ethyl adjacent to an activating group) is 1. The summed E-state index contributed by atoms with van der Waals surface area (Å²) in [6.07, 6.45) is 0.940. The summed E-state index contributed by atoms with van der Waals surface area (Å²) in [4.78, 5) is 14.0. The minimum atomic E-state index is -0.0409. The first-order chi connectivity index (χ1) is 7.13. The van der Waals surface area contributed by atoms with Crippen LogP contribution >= 0.6 is 0 Å². The average molecular weight is 207 g/mol. The van der Waals surface area contributed by atoms with Crippen LogP contribution in [-0.4, -0.2) is 23.1 Å². The van der Waals surface area contributed by atoms with Crippen molar-refractivity contribution in [3.63, 3.8) is 0 Å². The van der Waals surface area contributed by atoms with Crippen molar-refractivity contribution < 1.29 is 0 Å². The topological polar surface area (TPSA) is 51.3 Å². The van der Waals surface area contributed by atoms with Crippen molar-refractivity contribution >= 4 is 5.69 Å². The van der Waals surface area contributed by atoms with Crippen LogP contribution in [0.3, 0.4) is 0 Å². The largest absolute Gasteiger partial charge is 0.394 e. The Kier molecular flexibility index (Phi) is 2.52. The molecule has 2 N–H and O–H groups in total. The molecular weight excluding hydrogens is 190 g/mol. The summed E-state index contributed by atoms with van der Waals surface area (Å²) in [6, 6.07) is 1.83. The van der Waals surface area contributed by atoms with Crippen molar-refractivity contribution in [2.45, 2.75) is 26.4 Å². The highest BCUT2D eigenvalue weighted by Gasteiger charge is 2.18. The second-order valence-corrected chi connectivity index (χ2v) is 4.11. The molecule has 2 rings (SSSR count). The number of pyridine rings is 1. The van der Waals surface area contributed by atoms with E-state index in [1.54, 1.807) is 4.57 Å². The molecule has 0 spiro atoms. The normalized spacial score (nSPS) is 16.4. The van der Waals surface area contributed by atoms with Crippen molar-refractivity contribution in [3.05, 3.63) is 27.7 Å². The smallest absolute Gasteiger partial charge is 0.273 e. The van der Waals surface area contributed by atoms with Gasteiger partial charge in [0.15, 0.2) is 0 Å². The van der Waals surface area contributed by atoms with E-state index in [1.165, 1.54) is 5.56 Å². The molecule has 0 unspecified atom stereocenters. The van der Waals surface area contributed by atoms with Gasteiger partial charge in [0.1, 0.15) is 0 Å². The Bertz CT molecular complexity index is 436. The van der Waals surface area contributed by atoms with E-state index < -0.39 is 0 Å². The SMILES string of the molecule is CCn1c2c(cc(N)c1=O)CN(C)CC2. The van der Waals surface area contributed by atoms with Crippen LogP contribution in [0.1, 0.15) is 18.2 Å². The highest BCUT2D eigenvalue weighted by Crippen LogP contribution is 2.18. The van der Waals surface area contributed by atoms with Crippen LogP contribution in [0.5, 0.6) is 0 Å². The van der Waals surface area contributed by atoms with E-state index in [0.29, 0.717) is 12.2 Å². The summed E-state index contributed by atoms with van der Waals surface area (Å²) >= 11 is 0. The van der Waals surface area contributed by atoms with E-state index in [4.69, 9.17) is 5.73 Å². The van der Waals surface area contributed by atoms with Gasteiger partial charge in [0.2, 0.25) is 0 Å². The van der Waals surface area contributed by atoms with Gasteiger partial charge < -0.3 is 15.2 Å². The van der Waals surface area contributed by atoms with Crippen molar-refractivity contribution in [2.24, 2.45) is 0 Å². The van der Waals surface area contributed by atoms with Gasteiger partial charge in [0, 0.05) is 31.7 Å². The summed E-state index contributed by atoms with van der Waals surface area (Å²) in [5.74, 6) is 0. The fourth-order valence-corrected chi connectivity index (χ4v) is 2.22. The number of hydrogen-bond donors (Lipinski definition) is 1. The molecule has 0 amide bonds. The molecule has 1 aliphatic heterocycles. The molecule has 4 nitrogen and oxygen atoms in total. The number of nitrogens with zero attached hydrogens (tertiary/aromatic N) is 2. The minimum absolute atomic E-state index is 0.0409. The second kappa shape index (κ2) is 3.70. The lowest BCUT2D eigenvalue weighted by molar-refractivity contribution is 0.305. The summed E-state index contributed by atoms with van der Waals surface area (Å²) in [7, 11) is 2.08. The van der Waals surface area contributed by atoms with Crippen LogP contribution in [-0.2, 0) is 19.5 Å². The monoisotopic (exact) mass is 207 g/mol. The lowest BCUT2D eigenvalue weighted by Gasteiger charge is -2.27. The van der Waals surface area contributed by atoms with E-state index in [9.17, 15) is 4.79 Å².